The molecule has 2 aromatic rings. The largest absolute Gasteiger partial charge is 0.399 e. The van der Waals surface area contributed by atoms with E-state index in [0.717, 1.165) is 5.56 Å². The van der Waals surface area contributed by atoms with Crippen molar-refractivity contribution >= 4 is 11.5 Å². The molecule has 0 atom stereocenters. The summed E-state index contributed by atoms with van der Waals surface area (Å²) in [6, 6.07) is 10.3. The lowest BCUT2D eigenvalue weighted by Crippen LogP contribution is -2.03. The maximum atomic E-state index is 13.2. The van der Waals surface area contributed by atoms with E-state index in [1.165, 1.54) is 6.07 Å². The summed E-state index contributed by atoms with van der Waals surface area (Å²) >= 11 is 0. The van der Waals surface area contributed by atoms with Crippen LogP contribution in [0.25, 0.3) is 0 Å². The molecule has 3 N–H and O–H groups in total. The second kappa shape index (κ2) is 4.61. The number of aromatic nitrogens is 1. The summed E-state index contributed by atoms with van der Waals surface area (Å²) in [5.74, 6) is -0.0859. The Hall–Kier alpha value is -2.10. The van der Waals surface area contributed by atoms with Crippen LogP contribution in [-0.4, -0.2) is 4.98 Å². The van der Waals surface area contributed by atoms with Gasteiger partial charge in [-0.25, -0.2) is 9.37 Å². The molecule has 0 saturated carbocycles. The Bertz CT molecular complexity index is 468. The predicted molar refractivity (Wildman–Crippen MR) is 62.4 cm³/mol. The molecule has 0 fully saturated rings. The fourth-order valence-electron chi connectivity index (χ4n) is 1.34. The second-order valence-electron chi connectivity index (χ2n) is 3.43. The highest BCUT2D eigenvalue weighted by Crippen LogP contribution is 2.11. The molecule has 4 heteroatoms. The molecule has 16 heavy (non-hydrogen) atoms. The molecular weight excluding hydrogens is 205 g/mol. The van der Waals surface area contributed by atoms with Crippen LogP contribution in [0.4, 0.5) is 15.9 Å². The smallest absolute Gasteiger partial charge is 0.165 e. The molecule has 2 rings (SSSR count). The minimum atomic E-state index is -0.349. The van der Waals surface area contributed by atoms with Gasteiger partial charge in [0.25, 0.3) is 0 Å². The van der Waals surface area contributed by atoms with Gasteiger partial charge in [0.05, 0.1) is 0 Å². The lowest BCUT2D eigenvalue weighted by atomic mass is 10.2. The van der Waals surface area contributed by atoms with Crippen LogP contribution in [0.3, 0.4) is 0 Å². The minimum absolute atomic E-state index is 0.263. The van der Waals surface area contributed by atoms with Gasteiger partial charge in [-0.2, -0.15) is 0 Å². The average Bonchev–Trinajstić information content (AvgIpc) is 2.30. The minimum Gasteiger partial charge on any atom is -0.399 e. The number of anilines is 2. The van der Waals surface area contributed by atoms with Gasteiger partial charge in [-0.15, -0.1) is 0 Å². The maximum Gasteiger partial charge on any atom is 0.165 e. The van der Waals surface area contributed by atoms with E-state index in [2.05, 4.69) is 10.3 Å². The summed E-state index contributed by atoms with van der Waals surface area (Å²) in [6.45, 7) is 0.522. The molecule has 0 aliphatic rings. The Morgan fingerprint density at radius 2 is 1.94 bits per heavy atom. The molecule has 1 aromatic carbocycles. The second-order valence-corrected chi connectivity index (χ2v) is 3.43. The van der Waals surface area contributed by atoms with Gasteiger partial charge in [-0.05, 0) is 29.8 Å². The highest BCUT2D eigenvalue weighted by Gasteiger charge is 2.00. The van der Waals surface area contributed by atoms with E-state index in [1.54, 1.807) is 12.3 Å². The first-order valence-electron chi connectivity index (χ1n) is 4.94. The number of pyridine rings is 1. The Labute approximate surface area is 93.1 Å². The van der Waals surface area contributed by atoms with E-state index in [-0.39, 0.29) is 11.6 Å². The molecule has 1 heterocycles. The topological polar surface area (TPSA) is 50.9 Å². The van der Waals surface area contributed by atoms with Crippen LogP contribution in [0.2, 0.25) is 0 Å². The zero-order valence-electron chi connectivity index (χ0n) is 8.65. The lowest BCUT2D eigenvalue weighted by molar-refractivity contribution is 0.624. The third-order valence-corrected chi connectivity index (χ3v) is 2.20. The van der Waals surface area contributed by atoms with E-state index < -0.39 is 0 Å². The van der Waals surface area contributed by atoms with Crippen molar-refractivity contribution in [3.63, 3.8) is 0 Å². The van der Waals surface area contributed by atoms with Crippen molar-refractivity contribution in [2.24, 2.45) is 0 Å². The number of nitrogens with zero attached hydrogens (tertiary/aromatic N) is 1. The number of nitrogens with one attached hydrogen (secondary N) is 1. The molecule has 0 saturated heterocycles. The van der Waals surface area contributed by atoms with Crippen LogP contribution in [0.5, 0.6) is 0 Å². The first kappa shape index (κ1) is 10.4. The van der Waals surface area contributed by atoms with E-state index in [4.69, 9.17) is 5.73 Å². The van der Waals surface area contributed by atoms with Gasteiger partial charge >= 0.3 is 0 Å². The van der Waals surface area contributed by atoms with E-state index in [9.17, 15) is 4.39 Å². The van der Waals surface area contributed by atoms with Crippen molar-refractivity contribution in [1.82, 2.24) is 4.98 Å². The third-order valence-electron chi connectivity index (χ3n) is 2.20. The molecule has 82 valence electrons. The van der Waals surface area contributed by atoms with Gasteiger partial charge in [0.15, 0.2) is 11.6 Å². The monoisotopic (exact) mass is 217 g/mol. The van der Waals surface area contributed by atoms with Crippen LogP contribution >= 0.6 is 0 Å². The van der Waals surface area contributed by atoms with E-state index in [0.29, 0.717) is 12.2 Å². The first-order chi connectivity index (χ1) is 7.75. The summed E-state index contributed by atoms with van der Waals surface area (Å²) in [5, 5.41) is 2.92. The highest BCUT2D eigenvalue weighted by atomic mass is 19.1. The van der Waals surface area contributed by atoms with Crippen LogP contribution in [-0.2, 0) is 6.54 Å². The number of nitrogens with two attached hydrogens (primary N) is 1. The standard InChI is InChI=1S/C12H12FN3/c13-11-2-1-7-15-12(11)16-8-9-3-5-10(14)6-4-9/h1-7H,8,14H2,(H,15,16). The SMILES string of the molecule is Nc1ccc(CNc2ncccc2F)cc1. The number of hydrogen-bond donors (Lipinski definition) is 2. The summed E-state index contributed by atoms with van der Waals surface area (Å²) in [4.78, 5) is 3.90. The number of hydrogen-bond acceptors (Lipinski definition) is 3. The molecule has 0 aliphatic heterocycles. The molecular formula is C12H12FN3. The molecule has 0 aliphatic carbocycles. The summed E-state index contributed by atoms with van der Waals surface area (Å²) < 4.78 is 13.2. The quantitative estimate of drug-likeness (QED) is 0.776. The molecule has 0 radical (unpaired) electrons. The van der Waals surface area contributed by atoms with Crippen LogP contribution in [0, 0.1) is 5.82 Å². The van der Waals surface area contributed by atoms with Crippen molar-refractivity contribution in [2.45, 2.75) is 6.54 Å². The van der Waals surface area contributed by atoms with Crippen molar-refractivity contribution in [3.05, 3.63) is 54.0 Å². The number of benzene rings is 1. The van der Waals surface area contributed by atoms with Gasteiger partial charge in [0.2, 0.25) is 0 Å². The molecule has 3 nitrogen and oxygen atoms in total. The number of halogens is 1. The van der Waals surface area contributed by atoms with Crippen molar-refractivity contribution in [1.29, 1.82) is 0 Å². The molecule has 0 spiro atoms. The van der Waals surface area contributed by atoms with E-state index >= 15 is 0 Å². The maximum absolute atomic E-state index is 13.2. The first-order valence-corrected chi connectivity index (χ1v) is 4.94. The Kier molecular flexibility index (Phi) is 3.00. The Balaban J connectivity index is 2.02. The number of rotatable bonds is 3. The summed E-state index contributed by atoms with van der Waals surface area (Å²) in [6.07, 6.45) is 1.55. The van der Waals surface area contributed by atoms with Crippen molar-refractivity contribution in [3.8, 4) is 0 Å². The highest BCUT2D eigenvalue weighted by molar-refractivity contribution is 5.41. The normalized spacial score (nSPS) is 10.1. The molecule has 0 amide bonds. The lowest BCUT2D eigenvalue weighted by Gasteiger charge is -2.06. The molecule has 0 bridgehead atoms. The number of nitrogen functional groups attached to an aromatic ring is 1. The Morgan fingerprint density at radius 1 is 1.19 bits per heavy atom. The van der Waals surface area contributed by atoms with Crippen LogP contribution in [0.1, 0.15) is 5.56 Å². The zero-order valence-corrected chi connectivity index (χ0v) is 8.65. The van der Waals surface area contributed by atoms with Crippen LogP contribution < -0.4 is 11.1 Å². The predicted octanol–water partition coefficient (Wildman–Crippen LogP) is 2.42. The third kappa shape index (κ3) is 2.48. The molecule has 0 unspecified atom stereocenters. The van der Waals surface area contributed by atoms with E-state index in [1.807, 2.05) is 24.3 Å². The van der Waals surface area contributed by atoms with Crippen LogP contribution in [0.15, 0.2) is 42.6 Å². The van der Waals surface area contributed by atoms with Gasteiger partial charge < -0.3 is 11.1 Å². The van der Waals surface area contributed by atoms with Gasteiger partial charge in [-0.1, -0.05) is 12.1 Å². The van der Waals surface area contributed by atoms with Gasteiger partial charge in [0.1, 0.15) is 0 Å². The fraction of sp³-hybridized carbons (Fsp3) is 0.0833. The summed E-state index contributed by atoms with van der Waals surface area (Å²) in [7, 11) is 0. The fourth-order valence-corrected chi connectivity index (χ4v) is 1.34. The zero-order chi connectivity index (χ0) is 11.4. The average molecular weight is 217 g/mol. The molecule has 1 aromatic heterocycles. The van der Waals surface area contributed by atoms with Crippen molar-refractivity contribution < 1.29 is 4.39 Å². The van der Waals surface area contributed by atoms with Gasteiger partial charge in [0, 0.05) is 18.4 Å². The van der Waals surface area contributed by atoms with Gasteiger partial charge in [-0.3, -0.25) is 0 Å². The summed E-state index contributed by atoms with van der Waals surface area (Å²) in [5.41, 5.74) is 7.31. The van der Waals surface area contributed by atoms with Crippen molar-refractivity contribution in [2.75, 3.05) is 11.1 Å². The Morgan fingerprint density at radius 3 is 2.62 bits per heavy atom.